The second-order valence-electron chi connectivity index (χ2n) is 10.7. The number of esters is 4. The van der Waals surface area contributed by atoms with Crippen LogP contribution in [0.5, 0.6) is 11.5 Å². The van der Waals surface area contributed by atoms with Gasteiger partial charge in [-0.15, -0.1) is 0 Å². The Balaban J connectivity index is 1.51. The Hall–Kier alpha value is -5.46. The Morgan fingerprint density at radius 3 is 2.35 bits per heavy atom. The van der Waals surface area contributed by atoms with Crippen molar-refractivity contribution in [2.24, 2.45) is 11.8 Å². The van der Waals surface area contributed by atoms with Crippen molar-refractivity contribution in [2.75, 3.05) is 13.4 Å². The van der Waals surface area contributed by atoms with Gasteiger partial charge < -0.3 is 34.1 Å². The third-order valence-corrected chi connectivity index (χ3v) is 6.97. The van der Waals surface area contributed by atoms with Crippen molar-refractivity contribution < 1.29 is 52.8 Å². The van der Waals surface area contributed by atoms with E-state index in [2.05, 4.69) is 10.3 Å². The third kappa shape index (κ3) is 8.58. The lowest BCUT2D eigenvalue weighted by Crippen LogP contribution is -2.47. The highest BCUT2D eigenvalue weighted by Gasteiger charge is 2.42. The maximum absolute atomic E-state index is 13.4. The Bertz CT molecular complexity index is 1550. The number of cyclic esters (lactones) is 2. The zero-order valence-corrected chi connectivity index (χ0v) is 25.4. The molecule has 242 valence electrons. The summed E-state index contributed by atoms with van der Waals surface area (Å²) in [5, 5.41) is 12.8. The molecule has 2 N–H and O–H groups in total. The number of carbonyl (C=O) groups excluding carboxylic acids is 5. The fourth-order valence-electron chi connectivity index (χ4n) is 4.52. The molecule has 1 saturated heterocycles. The van der Waals surface area contributed by atoms with E-state index in [0.717, 1.165) is 17.8 Å². The molecule has 0 aliphatic carbocycles. The summed E-state index contributed by atoms with van der Waals surface area (Å²) in [7, 11) is 0. The highest BCUT2D eigenvalue weighted by atomic mass is 16.7. The number of rotatable bonds is 10. The van der Waals surface area contributed by atoms with Gasteiger partial charge in [0.05, 0.1) is 11.5 Å². The lowest BCUT2D eigenvalue weighted by atomic mass is 9.91. The third-order valence-electron chi connectivity index (χ3n) is 6.97. The molecule has 46 heavy (non-hydrogen) atoms. The van der Waals surface area contributed by atoms with Gasteiger partial charge in [0, 0.05) is 12.3 Å². The number of hydrogen-bond donors (Lipinski definition) is 2. The van der Waals surface area contributed by atoms with Crippen molar-refractivity contribution >= 4 is 29.8 Å². The number of hydrogen-bond acceptors (Lipinski definition) is 12. The molecule has 3 aromatic rings. The van der Waals surface area contributed by atoms with Gasteiger partial charge in [-0.3, -0.25) is 14.4 Å². The van der Waals surface area contributed by atoms with Crippen LogP contribution in [-0.4, -0.2) is 71.5 Å². The summed E-state index contributed by atoms with van der Waals surface area (Å²) in [6.07, 6.45) is -1.05. The molecule has 0 saturated carbocycles. The highest BCUT2D eigenvalue weighted by Crippen LogP contribution is 2.29. The summed E-state index contributed by atoms with van der Waals surface area (Å²) in [6, 6.07) is 16.7. The van der Waals surface area contributed by atoms with Crippen LogP contribution >= 0.6 is 0 Å². The zero-order chi connectivity index (χ0) is 33.2. The average molecular weight is 635 g/mol. The number of carbonyl (C=O) groups is 5. The van der Waals surface area contributed by atoms with Crippen LogP contribution in [0.3, 0.4) is 0 Å². The van der Waals surface area contributed by atoms with Gasteiger partial charge in [0.25, 0.3) is 5.91 Å². The van der Waals surface area contributed by atoms with Crippen LogP contribution in [0.4, 0.5) is 0 Å². The van der Waals surface area contributed by atoms with E-state index < -0.39 is 90.5 Å². The van der Waals surface area contributed by atoms with E-state index in [4.69, 9.17) is 23.7 Å². The molecule has 1 aliphatic heterocycles. The van der Waals surface area contributed by atoms with Crippen molar-refractivity contribution in [1.82, 2.24) is 10.3 Å². The van der Waals surface area contributed by atoms with Crippen LogP contribution in [-0.2, 0) is 39.8 Å². The van der Waals surface area contributed by atoms with Crippen molar-refractivity contribution in [3.63, 3.8) is 0 Å². The van der Waals surface area contributed by atoms with E-state index in [-0.39, 0.29) is 12.0 Å². The van der Waals surface area contributed by atoms with Gasteiger partial charge in [0.15, 0.2) is 29.3 Å². The first-order valence-electron chi connectivity index (χ1n) is 14.5. The van der Waals surface area contributed by atoms with E-state index >= 15 is 0 Å². The number of aromatic nitrogens is 1. The molecule has 0 bridgehead atoms. The van der Waals surface area contributed by atoms with E-state index in [9.17, 15) is 29.1 Å². The van der Waals surface area contributed by atoms with Gasteiger partial charge in [-0.05, 0) is 31.0 Å². The van der Waals surface area contributed by atoms with E-state index in [1.54, 1.807) is 56.3 Å². The predicted molar refractivity (Wildman–Crippen MR) is 159 cm³/mol. The highest BCUT2D eigenvalue weighted by molar-refractivity contribution is 5.98. The summed E-state index contributed by atoms with van der Waals surface area (Å²) in [5.41, 5.74) is 0.567. The molecule has 1 fully saturated rings. The normalized spacial score (nSPS) is 19.8. The van der Waals surface area contributed by atoms with Crippen LogP contribution in [0, 0.1) is 11.8 Å². The number of amides is 1. The molecule has 2 aromatic carbocycles. The number of ether oxygens (including phenoxy) is 5. The van der Waals surface area contributed by atoms with Crippen LogP contribution in [0.15, 0.2) is 72.9 Å². The van der Waals surface area contributed by atoms with E-state index in [1.165, 1.54) is 19.1 Å². The molecule has 13 heteroatoms. The minimum absolute atomic E-state index is 0.122. The number of benzene rings is 2. The smallest absolute Gasteiger partial charge is 0.340 e. The quantitative estimate of drug-likeness (QED) is 0.190. The summed E-state index contributed by atoms with van der Waals surface area (Å²) in [5.74, 6) is -6.51. The van der Waals surface area contributed by atoms with E-state index in [0.29, 0.717) is 0 Å². The first kappa shape index (κ1) is 33.4. The Morgan fingerprint density at radius 2 is 1.67 bits per heavy atom. The maximum Gasteiger partial charge on any atom is 0.340 e. The second-order valence-corrected chi connectivity index (χ2v) is 10.7. The summed E-state index contributed by atoms with van der Waals surface area (Å²) >= 11 is 0. The lowest BCUT2D eigenvalue weighted by molar-refractivity contribution is -0.176. The second kappa shape index (κ2) is 15.5. The molecule has 1 aromatic heterocycles. The molecule has 2 heterocycles. The first-order chi connectivity index (χ1) is 22.0. The van der Waals surface area contributed by atoms with Crippen LogP contribution in [0.2, 0.25) is 0 Å². The van der Waals surface area contributed by atoms with Gasteiger partial charge in [-0.2, -0.15) is 0 Å². The summed E-state index contributed by atoms with van der Waals surface area (Å²) < 4.78 is 27.2. The largest absolute Gasteiger partial charge is 0.504 e. The molecule has 1 unspecified atom stereocenters. The van der Waals surface area contributed by atoms with Crippen molar-refractivity contribution in [3.8, 4) is 11.5 Å². The van der Waals surface area contributed by atoms with Gasteiger partial charge in [0.2, 0.25) is 6.79 Å². The minimum atomic E-state index is -1.51. The van der Waals surface area contributed by atoms with Gasteiger partial charge in [0.1, 0.15) is 18.6 Å². The molecule has 0 spiro atoms. The maximum atomic E-state index is 13.4. The van der Waals surface area contributed by atoms with Crippen molar-refractivity contribution in [3.05, 3.63) is 89.7 Å². The molecule has 1 aliphatic rings. The first-order valence-corrected chi connectivity index (χ1v) is 14.5. The Morgan fingerprint density at radius 1 is 1.00 bits per heavy atom. The topological polar surface area (TPSA) is 177 Å². The Labute approximate surface area is 264 Å². The number of nitrogens with one attached hydrogen (secondary N) is 1. The summed E-state index contributed by atoms with van der Waals surface area (Å²) in [4.78, 5) is 68.7. The van der Waals surface area contributed by atoms with Gasteiger partial charge in [-0.25, -0.2) is 14.6 Å². The number of nitrogens with zero attached hydrogens (tertiary/aromatic N) is 1. The van der Waals surface area contributed by atoms with Crippen molar-refractivity contribution in [2.45, 2.75) is 45.4 Å². The number of aromatic hydroxyl groups is 1. The molecule has 4 atom stereocenters. The zero-order valence-electron chi connectivity index (χ0n) is 25.4. The van der Waals surface area contributed by atoms with E-state index in [1.807, 2.05) is 6.07 Å². The molecular weight excluding hydrogens is 600 g/mol. The summed E-state index contributed by atoms with van der Waals surface area (Å²) in [6.45, 7) is 3.45. The lowest BCUT2D eigenvalue weighted by Gasteiger charge is -2.29. The molecule has 0 radical (unpaired) electrons. The molecule has 4 rings (SSSR count). The molecular formula is C33H34N2O11. The van der Waals surface area contributed by atoms with Gasteiger partial charge in [-0.1, -0.05) is 62.4 Å². The standard InChI is InChI=1S/C33H34N2O11/c1-19(2)30(38)46-27-20(3)45-33(41)24(17-42-32(40)23(27)16-21-10-6-4-7-11-21)35-29(37)26-28(25(36)14-15-34-26)43-18-44-31(39)22-12-8-5-9-13-22/h4-15,19-20,23-24,27H,16-18H2,1-3H3,(H,34,36)(H,35,37)/t20-,23+,24-,27?/m0/s1. The van der Waals surface area contributed by atoms with Crippen LogP contribution in [0.1, 0.15) is 47.2 Å². The van der Waals surface area contributed by atoms with Crippen molar-refractivity contribution in [1.29, 1.82) is 0 Å². The predicted octanol–water partition coefficient (Wildman–Crippen LogP) is 2.99. The minimum Gasteiger partial charge on any atom is -0.504 e. The SMILES string of the molecule is CC(C)C(=O)OC1[C@H](C)OC(=O)[C@@H](NC(=O)c2nccc(O)c2OCOC(=O)c2ccccc2)COC(=O)[C@@H]1Cc1ccccc1. The van der Waals surface area contributed by atoms with Crippen LogP contribution < -0.4 is 10.1 Å². The average Bonchev–Trinajstić information content (AvgIpc) is 3.08. The Kier molecular flexibility index (Phi) is 11.3. The monoisotopic (exact) mass is 634 g/mol. The van der Waals surface area contributed by atoms with Gasteiger partial charge >= 0.3 is 23.9 Å². The van der Waals surface area contributed by atoms with Crippen LogP contribution in [0.25, 0.3) is 0 Å². The fraction of sp³-hybridized carbons (Fsp3) is 0.333. The molecule has 1 amide bonds. The fourth-order valence-corrected chi connectivity index (χ4v) is 4.52. The number of pyridine rings is 1. The molecule has 13 nitrogen and oxygen atoms in total.